The molecule has 0 radical (unpaired) electrons. The van der Waals surface area contributed by atoms with Gasteiger partial charge in [0.25, 0.3) is 5.91 Å². The molecule has 0 aromatic heterocycles. The Morgan fingerprint density at radius 2 is 1.67 bits per heavy atom. The Kier molecular flexibility index (Phi) is 7.25. The summed E-state index contributed by atoms with van der Waals surface area (Å²) < 4.78 is 13.0. The third-order valence-corrected chi connectivity index (χ3v) is 6.37. The van der Waals surface area contributed by atoms with Crippen molar-refractivity contribution in [3.05, 3.63) is 64.9 Å². The van der Waals surface area contributed by atoms with Crippen LogP contribution in [0.2, 0.25) is 5.02 Å². The molecule has 33 heavy (non-hydrogen) atoms. The smallest absolute Gasteiger partial charge is 0.251 e. The number of carbonyl (C=O) groups is 3. The first kappa shape index (κ1) is 23.2. The van der Waals surface area contributed by atoms with E-state index in [2.05, 4.69) is 10.2 Å². The molecule has 2 heterocycles. The maximum Gasteiger partial charge on any atom is 0.251 e. The Morgan fingerprint density at radius 1 is 1.00 bits per heavy atom. The van der Waals surface area contributed by atoms with E-state index in [1.807, 2.05) is 4.90 Å². The van der Waals surface area contributed by atoms with Gasteiger partial charge in [0.15, 0.2) is 0 Å². The molecule has 2 aliphatic heterocycles. The number of hydrogen-bond donors (Lipinski definition) is 1. The Balaban J connectivity index is 1.20. The molecular weight excluding hydrogens is 447 g/mol. The number of carbonyl (C=O) groups excluding carboxylic acids is 3. The lowest BCUT2D eigenvalue weighted by Gasteiger charge is -2.35. The van der Waals surface area contributed by atoms with Crippen molar-refractivity contribution in [1.82, 2.24) is 15.1 Å². The number of anilines is 1. The number of rotatable bonds is 6. The molecular formula is C24H26ClFN4O3. The molecule has 2 aliphatic rings. The van der Waals surface area contributed by atoms with E-state index < -0.39 is 0 Å². The Morgan fingerprint density at radius 3 is 2.33 bits per heavy atom. The van der Waals surface area contributed by atoms with E-state index in [0.717, 1.165) is 5.69 Å². The van der Waals surface area contributed by atoms with Gasteiger partial charge in [0.05, 0.1) is 5.92 Å². The third kappa shape index (κ3) is 5.69. The Labute approximate surface area is 197 Å². The van der Waals surface area contributed by atoms with Gasteiger partial charge < -0.3 is 15.1 Å². The average molecular weight is 473 g/mol. The molecule has 3 amide bonds. The molecule has 2 aromatic carbocycles. The molecule has 1 unspecified atom stereocenters. The van der Waals surface area contributed by atoms with Crippen LogP contribution < -0.4 is 10.2 Å². The van der Waals surface area contributed by atoms with Crippen LogP contribution in [0.15, 0.2) is 48.5 Å². The van der Waals surface area contributed by atoms with Crippen LogP contribution in [-0.4, -0.2) is 73.3 Å². The molecule has 2 aromatic rings. The minimum Gasteiger partial charge on any atom is -0.351 e. The zero-order valence-electron chi connectivity index (χ0n) is 18.2. The van der Waals surface area contributed by atoms with Gasteiger partial charge in [-0.1, -0.05) is 11.6 Å². The van der Waals surface area contributed by atoms with Gasteiger partial charge in [-0.05, 0) is 48.5 Å². The molecule has 1 N–H and O–H groups in total. The fraction of sp³-hybridized carbons (Fsp3) is 0.375. The second-order valence-corrected chi connectivity index (χ2v) is 8.75. The Hall–Kier alpha value is -2.97. The van der Waals surface area contributed by atoms with Crippen molar-refractivity contribution in [1.29, 1.82) is 0 Å². The first-order valence-electron chi connectivity index (χ1n) is 11.0. The fourth-order valence-electron chi connectivity index (χ4n) is 4.22. The molecule has 0 saturated carbocycles. The predicted molar refractivity (Wildman–Crippen MR) is 124 cm³/mol. The molecule has 1 atom stereocenters. The summed E-state index contributed by atoms with van der Waals surface area (Å²) >= 11 is 5.93. The first-order chi connectivity index (χ1) is 15.9. The van der Waals surface area contributed by atoms with Crippen molar-refractivity contribution >= 4 is 35.0 Å². The third-order valence-electron chi connectivity index (χ3n) is 6.12. The van der Waals surface area contributed by atoms with Gasteiger partial charge >= 0.3 is 0 Å². The lowest BCUT2D eigenvalue weighted by molar-refractivity contribution is -0.137. The van der Waals surface area contributed by atoms with E-state index in [9.17, 15) is 18.8 Å². The maximum atomic E-state index is 13.0. The van der Waals surface area contributed by atoms with Crippen molar-refractivity contribution in [2.45, 2.75) is 6.42 Å². The van der Waals surface area contributed by atoms with Gasteiger partial charge in [-0.15, -0.1) is 0 Å². The molecule has 2 saturated heterocycles. The normalized spacial score (nSPS) is 19.1. The maximum absolute atomic E-state index is 13.0. The van der Waals surface area contributed by atoms with Crippen LogP contribution in [0.5, 0.6) is 0 Å². The van der Waals surface area contributed by atoms with Gasteiger partial charge in [-0.3, -0.25) is 19.3 Å². The number of amides is 3. The lowest BCUT2D eigenvalue weighted by atomic mass is 10.1. The number of piperazine rings is 1. The zero-order valence-corrected chi connectivity index (χ0v) is 18.9. The summed E-state index contributed by atoms with van der Waals surface area (Å²) in [5, 5.41) is 3.44. The van der Waals surface area contributed by atoms with Crippen molar-refractivity contribution in [3.63, 3.8) is 0 Å². The summed E-state index contributed by atoms with van der Waals surface area (Å²) in [6.07, 6.45) is 0.219. The van der Waals surface area contributed by atoms with Gasteiger partial charge in [-0.25, -0.2) is 4.39 Å². The summed E-state index contributed by atoms with van der Waals surface area (Å²) in [4.78, 5) is 43.2. The summed E-state index contributed by atoms with van der Waals surface area (Å²) in [6.45, 7) is 4.12. The monoisotopic (exact) mass is 472 g/mol. The topological polar surface area (TPSA) is 73.0 Å². The molecule has 7 nitrogen and oxygen atoms in total. The molecule has 2 fully saturated rings. The molecule has 9 heteroatoms. The Bertz CT molecular complexity index is 1010. The van der Waals surface area contributed by atoms with E-state index in [1.54, 1.807) is 29.2 Å². The van der Waals surface area contributed by atoms with Crippen LogP contribution in [0.3, 0.4) is 0 Å². The summed E-state index contributed by atoms with van der Waals surface area (Å²) in [5.41, 5.74) is 1.18. The molecule has 0 bridgehead atoms. The highest BCUT2D eigenvalue weighted by Gasteiger charge is 2.37. The summed E-state index contributed by atoms with van der Waals surface area (Å²) in [7, 11) is 0. The molecule has 4 rings (SSSR count). The second-order valence-electron chi connectivity index (χ2n) is 8.31. The van der Waals surface area contributed by atoms with E-state index in [4.69, 9.17) is 11.6 Å². The van der Waals surface area contributed by atoms with Crippen LogP contribution in [0.25, 0.3) is 0 Å². The number of halogens is 2. The van der Waals surface area contributed by atoms with Crippen molar-refractivity contribution in [2.75, 3.05) is 50.7 Å². The quantitative estimate of drug-likeness (QED) is 0.700. The minimum atomic E-state index is -0.376. The molecule has 0 aliphatic carbocycles. The summed E-state index contributed by atoms with van der Waals surface area (Å²) in [5.74, 6) is -0.983. The highest BCUT2D eigenvalue weighted by Crippen LogP contribution is 2.27. The van der Waals surface area contributed by atoms with Crippen LogP contribution >= 0.6 is 11.6 Å². The highest BCUT2D eigenvalue weighted by molar-refractivity contribution is 6.30. The van der Waals surface area contributed by atoms with Gasteiger partial charge in [0.1, 0.15) is 5.82 Å². The van der Waals surface area contributed by atoms with Gasteiger partial charge in [0.2, 0.25) is 11.8 Å². The largest absolute Gasteiger partial charge is 0.351 e. The predicted octanol–water partition coefficient (Wildman–Crippen LogP) is 2.41. The van der Waals surface area contributed by atoms with Crippen LogP contribution in [0, 0.1) is 11.7 Å². The summed E-state index contributed by atoms with van der Waals surface area (Å²) in [6, 6.07) is 12.5. The van der Waals surface area contributed by atoms with Gasteiger partial charge in [-0.2, -0.15) is 0 Å². The van der Waals surface area contributed by atoms with Crippen LogP contribution in [0.1, 0.15) is 16.8 Å². The highest BCUT2D eigenvalue weighted by atomic mass is 35.5. The fourth-order valence-corrected chi connectivity index (χ4v) is 4.35. The number of hydrogen-bond acceptors (Lipinski definition) is 4. The van der Waals surface area contributed by atoms with Crippen molar-refractivity contribution < 1.29 is 18.8 Å². The van der Waals surface area contributed by atoms with Crippen molar-refractivity contribution in [3.8, 4) is 0 Å². The second kappa shape index (κ2) is 10.3. The number of nitrogens with zero attached hydrogens (tertiary/aromatic N) is 3. The molecule has 0 spiro atoms. The number of nitrogens with one attached hydrogen (secondary N) is 1. The van der Waals surface area contributed by atoms with E-state index in [1.165, 1.54) is 24.3 Å². The molecule has 174 valence electrons. The van der Waals surface area contributed by atoms with Crippen LogP contribution in [0.4, 0.5) is 10.1 Å². The van der Waals surface area contributed by atoms with Crippen LogP contribution in [-0.2, 0) is 9.59 Å². The van der Waals surface area contributed by atoms with E-state index in [-0.39, 0.29) is 35.9 Å². The van der Waals surface area contributed by atoms with E-state index >= 15 is 0 Å². The SMILES string of the molecule is O=C(NCCN1CCN(C(=O)C2CC(=O)N(c3ccc(Cl)cc3)C2)CC1)c1ccc(F)cc1. The van der Waals surface area contributed by atoms with Crippen molar-refractivity contribution in [2.24, 2.45) is 5.92 Å². The van der Waals surface area contributed by atoms with Gasteiger partial charge in [0, 0.05) is 68.5 Å². The van der Waals surface area contributed by atoms with E-state index in [0.29, 0.717) is 56.4 Å². The minimum absolute atomic E-state index is 0.0177. The first-order valence-corrected chi connectivity index (χ1v) is 11.4. The number of benzene rings is 2. The lowest BCUT2D eigenvalue weighted by Crippen LogP contribution is -2.51. The zero-order chi connectivity index (χ0) is 23.4. The average Bonchev–Trinajstić information content (AvgIpc) is 3.21. The standard InChI is InChI=1S/C24H26ClFN4O3/c25-19-3-7-21(8-4-19)30-16-18(15-22(30)31)24(33)29-13-11-28(12-14-29)10-9-27-23(32)17-1-5-20(26)6-2-17/h1-8,18H,9-16H2,(H,27,32).